The molecule has 2 heterocycles. The Morgan fingerprint density at radius 2 is 1.54 bits per heavy atom. The van der Waals surface area contributed by atoms with E-state index in [1.807, 2.05) is 6.92 Å². The molecule has 0 aliphatic carbocycles. The summed E-state index contributed by atoms with van der Waals surface area (Å²) < 4.78 is 16.3. The van der Waals surface area contributed by atoms with Gasteiger partial charge in [-0.05, 0) is 25.8 Å². The van der Waals surface area contributed by atoms with Crippen molar-refractivity contribution in [1.82, 2.24) is 0 Å². The molecule has 204 valence electrons. The zero-order chi connectivity index (χ0) is 26.5. The number of rotatable bonds is 11. The topological polar surface area (TPSA) is 207 Å². The fraction of sp³-hybridized carbons (Fsp3) is 0.870. The number of ether oxygens (including phenoxy) is 3. The van der Waals surface area contributed by atoms with E-state index in [2.05, 4.69) is 0 Å². The highest BCUT2D eigenvalue weighted by atomic mass is 16.8. The number of carbonyl (C=O) groups excluding carboxylic acids is 1. The second kappa shape index (κ2) is 12.9. The van der Waals surface area contributed by atoms with Gasteiger partial charge in [0.1, 0.15) is 48.5 Å². The SMILES string of the molecule is CCCCCCCC(=O)[C@@]1(O)[C@H](OC2O[C@H](CO)[C@H](O)[C@H](O)[C@H]2O)O[C@H](C(O)=C(C)C)[C@@H](O)[C@@H]1O. The average molecular weight is 509 g/mol. The first-order valence-electron chi connectivity index (χ1n) is 12.0. The minimum Gasteiger partial charge on any atom is -0.510 e. The lowest BCUT2D eigenvalue weighted by molar-refractivity contribution is -0.387. The van der Waals surface area contributed by atoms with Crippen LogP contribution in [0.25, 0.3) is 0 Å². The first-order chi connectivity index (χ1) is 16.4. The van der Waals surface area contributed by atoms with Crippen LogP contribution in [-0.2, 0) is 19.0 Å². The molecule has 2 fully saturated rings. The monoisotopic (exact) mass is 508 g/mol. The summed E-state index contributed by atoms with van der Waals surface area (Å²) in [4.78, 5) is 13.1. The van der Waals surface area contributed by atoms with Crippen molar-refractivity contribution < 1.29 is 59.9 Å². The lowest BCUT2D eigenvalue weighted by atomic mass is 9.80. The predicted octanol–water partition coefficient (Wildman–Crippen LogP) is -1.24. The number of unbranched alkanes of at least 4 members (excludes halogenated alkanes) is 4. The maximum Gasteiger partial charge on any atom is 0.202 e. The van der Waals surface area contributed by atoms with Crippen LogP contribution in [0.2, 0.25) is 0 Å². The Bertz CT molecular complexity index is 723. The molecular weight excluding hydrogens is 468 g/mol. The van der Waals surface area contributed by atoms with E-state index in [-0.39, 0.29) is 6.42 Å². The molecule has 2 aliphatic heterocycles. The largest absolute Gasteiger partial charge is 0.510 e. The molecule has 10 atom stereocenters. The second-order valence-corrected chi connectivity index (χ2v) is 9.46. The summed E-state index contributed by atoms with van der Waals surface area (Å²) >= 11 is 0. The summed E-state index contributed by atoms with van der Waals surface area (Å²) in [5.41, 5.74) is -2.50. The molecule has 0 aromatic carbocycles. The van der Waals surface area contributed by atoms with Crippen molar-refractivity contribution >= 4 is 5.78 Å². The van der Waals surface area contributed by atoms with E-state index in [1.54, 1.807) is 0 Å². The molecule has 2 rings (SSSR count). The van der Waals surface area contributed by atoms with Crippen molar-refractivity contribution in [1.29, 1.82) is 0 Å². The molecule has 0 spiro atoms. The Kier molecular flexibility index (Phi) is 11.0. The smallest absolute Gasteiger partial charge is 0.202 e. The van der Waals surface area contributed by atoms with Crippen LogP contribution in [0.4, 0.5) is 0 Å². The molecule has 0 bridgehead atoms. The van der Waals surface area contributed by atoms with E-state index < -0.39 is 79.1 Å². The molecule has 12 heteroatoms. The van der Waals surface area contributed by atoms with Crippen molar-refractivity contribution in [2.45, 2.75) is 120 Å². The van der Waals surface area contributed by atoms with Gasteiger partial charge in [0.2, 0.25) is 5.60 Å². The Labute approximate surface area is 204 Å². The molecule has 12 nitrogen and oxygen atoms in total. The van der Waals surface area contributed by atoms with Gasteiger partial charge >= 0.3 is 0 Å². The Morgan fingerprint density at radius 1 is 0.914 bits per heavy atom. The normalized spacial score (nSPS) is 39.9. The van der Waals surface area contributed by atoms with Crippen molar-refractivity contribution in [2.75, 3.05) is 6.61 Å². The standard InChI is InChI=1S/C23H40O12/c1-4-5-6-7-8-9-13(25)23(32)20(31)18(30)19(14(26)11(2)3)34-22(23)35-21-17(29)16(28)15(27)12(10-24)33-21/h12,15-22,24,26-32H,4-10H2,1-3H3/t12-,15+,16+,17-,18-,19-,20+,21?,22+,23+/m1/s1. The number of aliphatic hydroxyl groups is 8. The van der Waals surface area contributed by atoms with Crippen LogP contribution in [0.3, 0.4) is 0 Å². The van der Waals surface area contributed by atoms with E-state index in [0.717, 1.165) is 19.3 Å². The van der Waals surface area contributed by atoms with Gasteiger partial charge < -0.3 is 55.1 Å². The van der Waals surface area contributed by atoms with Gasteiger partial charge in [-0.25, -0.2) is 0 Å². The van der Waals surface area contributed by atoms with E-state index in [0.29, 0.717) is 18.4 Å². The van der Waals surface area contributed by atoms with Gasteiger partial charge in [-0.2, -0.15) is 0 Å². The minimum absolute atomic E-state index is 0.179. The molecule has 1 unspecified atom stereocenters. The highest BCUT2D eigenvalue weighted by Gasteiger charge is 2.61. The summed E-state index contributed by atoms with van der Waals surface area (Å²) in [6.07, 6.45) is -12.5. The predicted molar refractivity (Wildman–Crippen MR) is 120 cm³/mol. The lowest BCUT2D eigenvalue weighted by Crippen LogP contribution is -2.71. The van der Waals surface area contributed by atoms with Gasteiger partial charge in [0.05, 0.1) is 6.61 Å². The molecule has 0 radical (unpaired) electrons. The molecule has 8 N–H and O–H groups in total. The molecule has 0 aromatic rings. The number of ketones is 1. The number of aliphatic hydroxyl groups excluding tert-OH is 7. The van der Waals surface area contributed by atoms with E-state index >= 15 is 0 Å². The third kappa shape index (κ3) is 6.39. The van der Waals surface area contributed by atoms with Crippen LogP contribution in [0.1, 0.15) is 59.3 Å². The van der Waals surface area contributed by atoms with Gasteiger partial charge in [-0.15, -0.1) is 0 Å². The summed E-state index contributed by atoms with van der Waals surface area (Å²) in [7, 11) is 0. The fourth-order valence-corrected chi connectivity index (χ4v) is 4.22. The van der Waals surface area contributed by atoms with Gasteiger partial charge in [0.15, 0.2) is 18.4 Å². The van der Waals surface area contributed by atoms with E-state index in [4.69, 9.17) is 14.2 Å². The average Bonchev–Trinajstić information content (AvgIpc) is 2.83. The summed E-state index contributed by atoms with van der Waals surface area (Å²) in [6, 6.07) is 0. The maximum absolute atomic E-state index is 13.1. The molecule has 35 heavy (non-hydrogen) atoms. The van der Waals surface area contributed by atoms with Crippen LogP contribution >= 0.6 is 0 Å². The molecule has 0 aromatic heterocycles. The summed E-state index contributed by atoms with van der Waals surface area (Å²) in [5.74, 6) is -1.36. The van der Waals surface area contributed by atoms with Gasteiger partial charge in [0.25, 0.3) is 0 Å². The number of allylic oxidation sites excluding steroid dienone is 1. The highest BCUT2D eigenvalue weighted by Crippen LogP contribution is 2.37. The Hall–Kier alpha value is -1.19. The molecule has 2 aliphatic rings. The van der Waals surface area contributed by atoms with Crippen molar-refractivity contribution in [3.8, 4) is 0 Å². The first-order valence-corrected chi connectivity index (χ1v) is 12.0. The van der Waals surface area contributed by atoms with Crippen molar-refractivity contribution in [3.63, 3.8) is 0 Å². The summed E-state index contributed by atoms with van der Waals surface area (Å²) in [6.45, 7) is 4.30. The quantitative estimate of drug-likeness (QED) is 0.122. The third-order valence-corrected chi connectivity index (χ3v) is 6.56. The minimum atomic E-state index is -2.82. The maximum atomic E-state index is 13.1. The number of carbonyl (C=O) groups is 1. The van der Waals surface area contributed by atoms with Gasteiger partial charge in [-0.3, -0.25) is 4.79 Å². The van der Waals surface area contributed by atoms with Gasteiger partial charge in [-0.1, -0.05) is 32.6 Å². The first kappa shape index (κ1) is 30.0. The van der Waals surface area contributed by atoms with Crippen LogP contribution in [0.15, 0.2) is 11.3 Å². The fourth-order valence-electron chi connectivity index (χ4n) is 4.22. The zero-order valence-electron chi connectivity index (χ0n) is 20.4. The number of hydrogen-bond donors (Lipinski definition) is 8. The van der Waals surface area contributed by atoms with Crippen LogP contribution in [0, 0.1) is 0 Å². The molecule has 2 saturated heterocycles. The second-order valence-electron chi connectivity index (χ2n) is 9.46. The number of hydrogen-bond acceptors (Lipinski definition) is 12. The van der Waals surface area contributed by atoms with E-state index in [9.17, 15) is 45.6 Å². The number of Topliss-reactive ketones (excluding diaryl/α,β-unsaturated/α-hetero) is 1. The van der Waals surface area contributed by atoms with Gasteiger partial charge in [0, 0.05) is 6.42 Å². The van der Waals surface area contributed by atoms with Crippen LogP contribution in [-0.4, -0.2) is 114 Å². The van der Waals surface area contributed by atoms with Crippen molar-refractivity contribution in [3.05, 3.63) is 11.3 Å². The third-order valence-electron chi connectivity index (χ3n) is 6.56. The lowest BCUT2D eigenvalue weighted by Gasteiger charge is -2.49. The Balaban J connectivity index is 2.34. The molecular formula is C23H40O12. The summed E-state index contributed by atoms with van der Waals surface area (Å²) in [5, 5.41) is 82.9. The van der Waals surface area contributed by atoms with Crippen LogP contribution < -0.4 is 0 Å². The highest BCUT2D eigenvalue weighted by molar-refractivity contribution is 5.88. The Morgan fingerprint density at radius 3 is 2.11 bits per heavy atom. The molecule has 0 saturated carbocycles. The van der Waals surface area contributed by atoms with E-state index in [1.165, 1.54) is 13.8 Å². The zero-order valence-corrected chi connectivity index (χ0v) is 20.4. The molecule has 0 amide bonds. The van der Waals surface area contributed by atoms with Crippen molar-refractivity contribution in [2.24, 2.45) is 0 Å². The van der Waals surface area contributed by atoms with Crippen LogP contribution in [0.5, 0.6) is 0 Å².